The molecule has 3 heterocycles. The average molecular weight is 454 g/mol. The lowest BCUT2D eigenvalue weighted by molar-refractivity contribution is 0.0943. The number of H-pyrrole nitrogens is 1. The summed E-state index contributed by atoms with van der Waals surface area (Å²) in [6, 6.07) is 21.3. The largest absolute Gasteiger partial charge is 0.341 e. The van der Waals surface area contributed by atoms with Crippen LogP contribution < -0.4 is 5.32 Å². The molecule has 6 aromatic rings. The van der Waals surface area contributed by atoms with Gasteiger partial charge in [0.25, 0.3) is 5.91 Å². The third kappa shape index (κ3) is 3.09. The van der Waals surface area contributed by atoms with Gasteiger partial charge < -0.3 is 10.3 Å². The smallest absolute Gasteiger partial charge is 0.252 e. The SMILES string of the molecule is O=C(NC1c2ccccc2-c2c(-c3nc4ccncc4[nH]3)cccc21)c1ccc2nccnc2c1. The third-order valence-electron chi connectivity index (χ3n) is 6.49. The molecule has 0 radical (unpaired) electrons. The van der Waals surface area contributed by atoms with E-state index < -0.39 is 0 Å². The molecule has 1 unspecified atom stereocenters. The molecule has 0 bridgehead atoms. The molecule has 1 atom stereocenters. The number of rotatable bonds is 3. The van der Waals surface area contributed by atoms with Crippen molar-refractivity contribution in [1.82, 2.24) is 30.2 Å². The van der Waals surface area contributed by atoms with Gasteiger partial charge in [0.1, 0.15) is 5.82 Å². The van der Waals surface area contributed by atoms with Crippen molar-refractivity contribution in [1.29, 1.82) is 0 Å². The van der Waals surface area contributed by atoms with Crippen LogP contribution in [0.15, 0.2) is 91.5 Å². The van der Waals surface area contributed by atoms with Crippen LogP contribution in [0.2, 0.25) is 0 Å². The van der Waals surface area contributed by atoms with E-state index in [1.165, 1.54) is 0 Å². The van der Waals surface area contributed by atoms with Crippen molar-refractivity contribution in [2.75, 3.05) is 0 Å². The molecule has 7 heteroatoms. The Kier molecular flexibility index (Phi) is 4.22. The number of hydrogen-bond donors (Lipinski definition) is 2. The summed E-state index contributed by atoms with van der Waals surface area (Å²) < 4.78 is 0. The highest BCUT2D eigenvalue weighted by Gasteiger charge is 2.32. The topological polar surface area (TPSA) is 96.5 Å². The van der Waals surface area contributed by atoms with Crippen LogP contribution in [0.25, 0.3) is 44.6 Å². The lowest BCUT2D eigenvalue weighted by atomic mass is 9.98. The van der Waals surface area contributed by atoms with Gasteiger partial charge in [0.2, 0.25) is 0 Å². The van der Waals surface area contributed by atoms with Crippen molar-refractivity contribution in [3.05, 3.63) is 108 Å². The van der Waals surface area contributed by atoms with Crippen LogP contribution in [-0.4, -0.2) is 30.8 Å². The van der Waals surface area contributed by atoms with E-state index in [1.54, 1.807) is 36.9 Å². The number of benzene rings is 3. The maximum Gasteiger partial charge on any atom is 0.252 e. The van der Waals surface area contributed by atoms with Gasteiger partial charge in [-0.15, -0.1) is 0 Å². The Morgan fingerprint density at radius 1 is 0.800 bits per heavy atom. The first-order valence-electron chi connectivity index (χ1n) is 11.3. The first-order chi connectivity index (χ1) is 17.3. The standard InChI is InChI=1S/C28H18N6O/c35-28(16-8-9-21-23(14-16)31-13-12-30-21)34-26-18-5-2-1-4-17(18)25-19(26)6-3-7-20(25)27-32-22-10-11-29-15-24(22)33-27/h1-15,26H,(H,32,33)(H,34,35). The van der Waals surface area contributed by atoms with Crippen molar-refractivity contribution in [2.24, 2.45) is 0 Å². The molecule has 0 saturated carbocycles. The molecular weight excluding hydrogens is 436 g/mol. The zero-order valence-electron chi connectivity index (χ0n) is 18.4. The molecule has 3 aromatic carbocycles. The van der Waals surface area contributed by atoms with E-state index in [-0.39, 0.29) is 11.9 Å². The number of fused-ring (bicyclic) bond motifs is 5. The normalized spacial score (nSPS) is 14.1. The van der Waals surface area contributed by atoms with Gasteiger partial charge in [0.15, 0.2) is 0 Å². The van der Waals surface area contributed by atoms with Crippen molar-refractivity contribution in [2.45, 2.75) is 6.04 Å². The van der Waals surface area contributed by atoms with Crippen LogP contribution in [0.1, 0.15) is 27.5 Å². The predicted octanol–water partition coefficient (Wildman–Crippen LogP) is 5.07. The predicted molar refractivity (Wildman–Crippen MR) is 134 cm³/mol. The van der Waals surface area contributed by atoms with Crippen LogP contribution in [0.4, 0.5) is 0 Å². The molecule has 0 saturated heterocycles. The van der Waals surface area contributed by atoms with E-state index in [0.29, 0.717) is 11.1 Å². The molecular formula is C28H18N6O. The second kappa shape index (κ2) is 7.56. The van der Waals surface area contributed by atoms with Gasteiger partial charge in [-0.2, -0.15) is 0 Å². The van der Waals surface area contributed by atoms with Gasteiger partial charge in [-0.1, -0.05) is 42.5 Å². The minimum absolute atomic E-state index is 0.162. The number of pyridine rings is 1. The molecule has 1 aliphatic rings. The molecule has 1 amide bonds. The first-order valence-corrected chi connectivity index (χ1v) is 11.3. The number of nitrogens with zero attached hydrogens (tertiary/aromatic N) is 4. The number of aromatic nitrogens is 5. The molecule has 1 aliphatic carbocycles. The molecule has 0 fully saturated rings. The van der Waals surface area contributed by atoms with Crippen molar-refractivity contribution in [3.8, 4) is 22.5 Å². The number of carbonyl (C=O) groups excluding carboxylic acids is 1. The van der Waals surface area contributed by atoms with Crippen LogP contribution in [0, 0.1) is 0 Å². The van der Waals surface area contributed by atoms with Crippen LogP contribution in [0.3, 0.4) is 0 Å². The van der Waals surface area contributed by atoms with E-state index in [9.17, 15) is 4.79 Å². The molecule has 2 N–H and O–H groups in total. The fourth-order valence-electron chi connectivity index (χ4n) is 4.91. The number of aromatic amines is 1. The van der Waals surface area contributed by atoms with Crippen LogP contribution >= 0.6 is 0 Å². The number of hydrogen-bond acceptors (Lipinski definition) is 5. The molecule has 35 heavy (non-hydrogen) atoms. The maximum atomic E-state index is 13.4. The number of imidazole rings is 1. The fraction of sp³-hybridized carbons (Fsp3) is 0.0357. The van der Waals surface area contributed by atoms with Gasteiger partial charge in [-0.05, 0) is 46.5 Å². The Morgan fingerprint density at radius 3 is 2.54 bits per heavy atom. The highest BCUT2D eigenvalue weighted by atomic mass is 16.1. The minimum Gasteiger partial charge on any atom is -0.341 e. The van der Waals surface area contributed by atoms with Crippen LogP contribution in [0.5, 0.6) is 0 Å². The molecule has 0 aliphatic heterocycles. The van der Waals surface area contributed by atoms with E-state index in [4.69, 9.17) is 4.98 Å². The Hall–Kier alpha value is -4.91. The van der Waals surface area contributed by atoms with Gasteiger partial charge in [0, 0.05) is 29.7 Å². The van der Waals surface area contributed by atoms with Crippen molar-refractivity contribution < 1.29 is 4.79 Å². The van der Waals surface area contributed by atoms with E-state index in [2.05, 4.69) is 49.5 Å². The second-order valence-corrected chi connectivity index (χ2v) is 8.50. The summed E-state index contributed by atoms with van der Waals surface area (Å²) in [7, 11) is 0. The summed E-state index contributed by atoms with van der Waals surface area (Å²) >= 11 is 0. The molecule has 3 aromatic heterocycles. The summed E-state index contributed by atoms with van der Waals surface area (Å²) in [5, 5.41) is 3.25. The minimum atomic E-state index is -0.280. The molecule has 0 spiro atoms. The van der Waals surface area contributed by atoms with Gasteiger partial charge in [-0.3, -0.25) is 19.7 Å². The average Bonchev–Trinajstić information content (AvgIpc) is 3.48. The zero-order chi connectivity index (χ0) is 23.4. The van der Waals surface area contributed by atoms with E-state index in [1.807, 2.05) is 30.3 Å². The number of amides is 1. The van der Waals surface area contributed by atoms with Gasteiger partial charge in [0.05, 0.1) is 34.3 Å². The Bertz CT molecular complexity index is 1740. The molecule has 7 rings (SSSR count). The quantitative estimate of drug-likeness (QED) is 0.389. The molecule has 7 nitrogen and oxygen atoms in total. The fourth-order valence-corrected chi connectivity index (χ4v) is 4.91. The lowest BCUT2D eigenvalue weighted by Gasteiger charge is -2.16. The Balaban J connectivity index is 1.33. The third-order valence-corrected chi connectivity index (χ3v) is 6.49. The first kappa shape index (κ1) is 19.5. The van der Waals surface area contributed by atoms with Crippen LogP contribution in [-0.2, 0) is 0 Å². The second-order valence-electron chi connectivity index (χ2n) is 8.50. The lowest BCUT2D eigenvalue weighted by Crippen LogP contribution is -2.28. The van der Waals surface area contributed by atoms with Crippen molar-refractivity contribution >= 4 is 28.0 Å². The number of carbonyl (C=O) groups is 1. The summed E-state index contributed by atoms with van der Waals surface area (Å²) in [4.78, 5) is 34.4. The van der Waals surface area contributed by atoms with Gasteiger partial charge in [-0.25, -0.2) is 4.98 Å². The Morgan fingerprint density at radius 2 is 1.63 bits per heavy atom. The zero-order valence-corrected chi connectivity index (χ0v) is 18.4. The monoisotopic (exact) mass is 454 g/mol. The molecule has 166 valence electrons. The summed E-state index contributed by atoms with van der Waals surface area (Å²) in [5.41, 5.74) is 8.99. The van der Waals surface area contributed by atoms with Gasteiger partial charge >= 0.3 is 0 Å². The summed E-state index contributed by atoms with van der Waals surface area (Å²) in [6.07, 6.45) is 6.79. The maximum absolute atomic E-state index is 13.4. The highest BCUT2D eigenvalue weighted by Crippen LogP contribution is 2.47. The Labute approximate surface area is 199 Å². The van der Waals surface area contributed by atoms with E-state index >= 15 is 0 Å². The number of nitrogens with one attached hydrogen (secondary N) is 2. The van der Waals surface area contributed by atoms with E-state index in [0.717, 1.165) is 50.2 Å². The van der Waals surface area contributed by atoms with Crippen molar-refractivity contribution in [3.63, 3.8) is 0 Å². The highest BCUT2D eigenvalue weighted by molar-refractivity contribution is 5.99. The summed E-state index contributed by atoms with van der Waals surface area (Å²) in [6.45, 7) is 0. The summed E-state index contributed by atoms with van der Waals surface area (Å²) in [5.74, 6) is 0.616.